The average molecular weight is 1060 g/mol. The van der Waals surface area contributed by atoms with Crippen LogP contribution in [-0.2, 0) is 57.2 Å². The molecule has 0 unspecified atom stereocenters. The molecule has 0 aromatic heterocycles. The number of sulfone groups is 2. The topological polar surface area (TPSA) is 173 Å². The Morgan fingerprint density at radius 2 is 1.06 bits per heavy atom. The maximum absolute atomic E-state index is 14.8. The number of hydrogen-bond acceptors (Lipinski definition) is 12. The van der Waals surface area contributed by atoms with Crippen LogP contribution in [-0.4, -0.2) is 92.9 Å². The third-order valence-electron chi connectivity index (χ3n) is 20.3. The van der Waals surface area contributed by atoms with E-state index in [4.69, 9.17) is 18.3 Å². The highest BCUT2D eigenvalue weighted by molar-refractivity contribution is 7.93. The normalized spacial score (nSPS) is 36.9. The lowest BCUT2D eigenvalue weighted by molar-refractivity contribution is -0.153. The predicted octanol–water partition coefficient (Wildman–Crippen LogP) is 10.9. The van der Waals surface area contributed by atoms with Crippen molar-refractivity contribution >= 4 is 59.8 Å². The molecule has 0 radical (unpaired) electrons. The van der Waals surface area contributed by atoms with Crippen LogP contribution in [0.25, 0.3) is 0 Å². The molecule has 0 amide bonds. The van der Waals surface area contributed by atoms with Gasteiger partial charge in [-0.3, -0.25) is 19.2 Å². The summed E-state index contributed by atoms with van der Waals surface area (Å²) in [5.74, 6) is -1.70. The standard InChI is InChI=1S/C28H42O6SSi.C27H40O6SSi/c1-24(2,3)36(7,8)34-19-27-22(29)14-15-26(27,5)17-20-16-25(4,23(30)33-6)18-28(20,27)35(31,32)21-12-10-9-11-13-21;1-23(2,3)35(7,8)33-26-15-14-24(4,21(26)28)16-19-17-25(5,22(29)32-6)18-27(19,26)34(30,31)20-12-10-9-11-13-20/h9-13,20H,14-19H2,1-8H3;9-13,19H,14-18H2,1-8H3/t20-,25-,26-,27-,28+;19-,24+,25+,26-,27-/m01/s1. The molecule has 6 aliphatic carbocycles. The molecule has 2 aromatic rings. The van der Waals surface area contributed by atoms with Crippen LogP contribution in [0.15, 0.2) is 70.5 Å². The first-order valence-corrected chi connectivity index (χ1v) is 34.3. The average Bonchev–Trinajstić information content (AvgIpc) is 3.97. The molecule has 0 N–H and O–H groups in total. The number of ether oxygens (including phenoxy) is 2. The molecule has 16 heteroatoms. The van der Waals surface area contributed by atoms with Crippen molar-refractivity contribution in [3.63, 3.8) is 0 Å². The molecule has 2 bridgehead atoms. The summed E-state index contributed by atoms with van der Waals surface area (Å²) in [7, 11) is -10.3. The number of ketones is 2. The van der Waals surface area contributed by atoms with Gasteiger partial charge in [0.15, 0.2) is 42.1 Å². The highest BCUT2D eigenvalue weighted by atomic mass is 32.2. The molecule has 10 atom stereocenters. The zero-order valence-corrected chi connectivity index (χ0v) is 49.1. The van der Waals surface area contributed by atoms with Crippen LogP contribution in [0, 0.1) is 38.9 Å². The van der Waals surface area contributed by atoms with E-state index in [1.54, 1.807) is 74.5 Å². The molecule has 394 valence electrons. The lowest BCUT2D eigenvalue weighted by Crippen LogP contribution is -2.71. The van der Waals surface area contributed by atoms with E-state index in [0.717, 1.165) is 0 Å². The number of fused-ring (bicyclic) bond motifs is 7. The molecule has 12 nitrogen and oxygen atoms in total. The van der Waals surface area contributed by atoms with Gasteiger partial charge in [0.25, 0.3) is 0 Å². The quantitative estimate of drug-likeness (QED) is 0.154. The van der Waals surface area contributed by atoms with Gasteiger partial charge in [0.05, 0.1) is 45.0 Å². The number of methoxy groups -OCH3 is 2. The molecule has 0 spiro atoms. The lowest BCUT2D eigenvalue weighted by Gasteiger charge is -2.56. The maximum atomic E-state index is 14.8. The van der Waals surface area contributed by atoms with Gasteiger partial charge in [-0.25, -0.2) is 16.8 Å². The van der Waals surface area contributed by atoms with Gasteiger partial charge in [0.1, 0.15) is 16.1 Å². The van der Waals surface area contributed by atoms with Crippen molar-refractivity contribution in [3.8, 4) is 0 Å². The van der Waals surface area contributed by atoms with E-state index in [1.807, 2.05) is 6.92 Å². The second-order valence-electron chi connectivity index (χ2n) is 26.6. The van der Waals surface area contributed by atoms with Crippen molar-refractivity contribution in [2.75, 3.05) is 20.8 Å². The fourth-order valence-corrected chi connectivity index (χ4v) is 22.9. The van der Waals surface area contributed by atoms with Crippen molar-refractivity contribution in [3.05, 3.63) is 60.7 Å². The molecule has 0 heterocycles. The summed E-state index contributed by atoms with van der Waals surface area (Å²) in [4.78, 5) is 55.1. The van der Waals surface area contributed by atoms with Crippen LogP contribution in [0.3, 0.4) is 0 Å². The zero-order chi connectivity index (χ0) is 53.3. The number of esters is 2. The molecule has 6 saturated carbocycles. The fourth-order valence-electron chi connectivity index (χ4n) is 14.6. The second-order valence-corrected chi connectivity index (χ2v) is 40.5. The Balaban J connectivity index is 0.000000209. The molecule has 2 aromatic carbocycles. The van der Waals surface area contributed by atoms with Gasteiger partial charge in [0.2, 0.25) is 0 Å². The molecule has 0 aliphatic heterocycles. The molecule has 0 saturated heterocycles. The lowest BCUT2D eigenvalue weighted by atomic mass is 9.63. The number of benzene rings is 2. The molecular formula is C55H82O12S2Si2. The molecular weight excluding hydrogens is 973 g/mol. The Morgan fingerprint density at radius 1 is 0.620 bits per heavy atom. The number of hydrogen-bond donors (Lipinski definition) is 0. The van der Waals surface area contributed by atoms with Crippen molar-refractivity contribution < 1.29 is 54.3 Å². The molecule has 8 rings (SSSR count). The van der Waals surface area contributed by atoms with Crippen molar-refractivity contribution in [2.24, 2.45) is 38.9 Å². The highest BCUT2D eigenvalue weighted by Crippen LogP contribution is 2.77. The Morgan fingerprint density at radius 3 is 1.51 bits per heavy atom. The molecule has 71 heavy (non-hydrogen) atoms. The van der Waals surface area contributed by atoms with Crippen LogP contribution in [0.5, 0.6) is 0 Å². The first-order chi connectivity index (χ1) is 32.4. The minimum absolute atomic E-state index is 0.0189. The molecule has 6 fully saturated rings. The number of rotatable bonds is 11. The van der Waals surface area contributed by atoms with Crippen LogP contribution in [0.2, 0.25) is 36.3 Å². The van der Waals surface area contributed by atoms with Crippen molar-refractivity contribution in [2.45, 2.75) is 195 Å². The largest absolute Gasteiger partial charge is 0.469 e. The summed E-state index contributed by atoms with van der Waals surface area (Å²) in [6.45, 7) is 28.9. The van der Waals surface area contributed by atoms with Crippen molar-refractivity contribution in [1.82, 2.24) is 0 Å². The summed E-state index contributed by atoms with van der Waals surface area (Å²) >= 11 is 0. The SMILES string of the molecule is COC(=O)[C@@]1(C)C[C@H]2C[C@]3(C)CCC(=O)[C@]3(CO[Si](C)(C)C(C)(C)C)[C@@]2(S(=O)(=O)c2ccccc2)C1.COC(=O)[C@@]1(C)C[C@H]2C[C@]3(C)CC[C@@](O[Si](C)(C)C(C)(C)C)(C3=O)[C@@]2(S(=O)(=O)c2ccccc2)C1. The Kier molecular flexibility index (Phi) is 13.5. The smallest absolute Gasteiger partial charge is 0.311 e. The van der Waals surface area contributed by atoms with Gasteiger partial charge in [-0.1, -0.05) is 91.8 Å². The zero-order valence-electron chi connectivity index (χ0n) is 45.4. The summed E-state index contributed by atoms with van der Waals surface area (Å²) < 4.78 is 80.5. The number of Topliss-reactive ketones (excluding diaryl/α,β-unsaturated/α-hetero) is 2. The summed E-state index contributed by atoms with van der Waals surface area (Å²) in [5.41, 5.74) is -5.91. The van der Waals surface area contributed by atoms with E-state index in [-0.39, 0.29) is 56.8 Å². The summed E-state index contributed by atoms with van der Waals surface area (Å²) in [6.07, 6.45) is 3.78. The van der Waals surface area contributed by atoms with E-state index >= 15 is 0 Å². The monoisotopic (exact) mass is 1050 g/mol. The minimum atomic E-state index is -4.08. The van der Waals surface area contributed by atoms with Crippen LogP contribution >= 0.6 is 0 Å². The predicted molar refractivity (Wildman–Crippen MR) is 279 cm³/mol. The van der Waals surface area contributed by atoms with Gasteiger partial charge >= 0.3 is 11.9 Å². The van der Waals surface area contributed by atoms with Gasteiger partial charge in [0, 0.05) is 18.4 Å². The van der Waals surface area contributed by atoms with E-state index in [2.05, 4.69) is 74.7 Å². The first-order valence-electron chi connectivity index (χ1n) is 25.6. The van der Waals surface area contributed by atoms with Gasteiger partial charge < -0.3 is 18.3 Å². The third kappa shape index (κ3) is 7.67. The Labute approximate surface area is 427 Å². The number of carbonyl (C=O) groups excluding carboxylic acids is 4. The number of carbonyl (C=O) groups is 4. The highest BCUT2D eigenvalue weighted by Gasteiger charge is 2.84. The van der Waals surface area contributed by atoms with Crippen LogP contribution in [0.1, 0.15) is 133 Å². The second kappa shape index (κ2) is 17.3. The summed E-state index contributed by atoms with van der Waals surface area (Å²) in [5, 5.41) is -0.322. The van der Waals surface area contributed by atoms with Crippen molar-refractivity contribution in [1.29, 1.82) is 0 Å². The van der Waals surface area contributed by atoms with E-state index in [9.17, 15) is 36.0 Å². The minimum Gasteiger partial charge on any atom is -0.469 e. The first kappa shape index (κ1) is 55.7. The third-order valence-corrected chi connectivity index (χ3v) is 34.6. The van der Waals surface area contributed by atoms with Crippen LogP contribution in [0.4, 0.5) is 0 Å². The van der Waals surface area contributed by atoms with E-state index < -0.39 is 96.3 Å². The van der Waals surface area contributed by atoms with Gasteiger partial charge in [-0.2, -0.15) is 0 Å². The van der Waals surface area contributed by atoms with Gasteiger partial charge in [-0.05, 0) is 149 Å². The van der Waals surface area contributed by atoms with Crippen LogP contribution < -0.4 is 0 Å². The maximum Gasteiger partial charge on any atom is 0.311 e. The fraction of sp³-hybridized carbons (Fsp3) is 0.709. The summed E-state index contributed by atoms with van der Waals surface area (Å²) in [6, 6.07) is 16.9. The Hall–Kier alpha value is -3.03. The van der Waals surface area contributed by atoms with Gasteiger partial charge in [-0.15, -0.1) is 0 Å². The van der Waals surface area contributed by atoms with E-state index in [0.29, 0.717) is 51.4 Å². The Bertz CT molecular complexity index is 2700. The molecule has 6 aliphatic rings. The van der Waals surface area contributed by atoms with E-state index in [1.165, 1.54) is 14.2 Å².